The van der Waals surface area contributed by atoms with E-state index in [4.69, 9.17) is 17.3 Å². The van der Waals surface area contributed by atoms with Crippen LogP contribution in [-0.2, 0) is 0 Å². The zero-order valence-corrected chi connectivity index (χ0v) is 25.1. The number of anilines is 1. The molecule has 2 unspecified atom stereocenters. The minimum Gasteiger partial charge on any atom is -0.381 e. The van der Waals surface area contributed by atoms with E-state index in [1.54, 1.807) is 6.20 Å². The van der Waals surface area contributed by atoms with Crippen molar-refractivity contribution < 1.29 is 4.79 Å². The van der Waals surface area contributed by atoms with Crippen LogP contribution >= 0.6 is 11.6 Å². The fourth-order valence-corrected chi connectivity index (χ4v) is 7.11. The third kappa shape index (κ3) is 7.07. The van der Waals surface area contributed by atoms with E-state index in [9.17, 15) is 4.79 Å². The number of nitrogens with zero attached hydrogens (tertiary/aromatic N) is 6. The number of fused-ring (bicyclic) bond motifs is 1. The highest BCUT2D eigenvalue weighted by molar-refractivity contribution is 6.30. The van der Waals surface area contributed by atoms with E-state index in [0.29, 0.717) is 16.2 Å². The molecule has 1 spiro atoms. The lowest BCUT2D eigenvalue weighted by atomic mass is 9.75. The zero-order chi connectivity index (χ0) is 28.1. The Kier molecular flexibility index (Phi) is 9.84. The number of piperazine rings is 1. The van der Waals surface area contributed by atoms with Crippen LogP contribution in [0.3, 0.4) is 0 Å². The van der Waals surface area contributed by atoms with Gasteiger partial charge >= 0.3 is 0 Å². The lowest BCUT2D eigenvalue weighted by Gasteiger charge is -2.51. The molecule has 3 aliphatic rings. The Morgan fingerprint density at radius 3 is 2.48 bits per heavy atom. The summed E-state index contributed by atoms with van der Waals surface area (Å²) in [6.07, 6.45) is 16.0. The van der Waals surface area contributed by atoms with E-state index in [2.05, 4.69) is 49.5 Å². The topological polar surface area (TPSA) is 107 Å². The second-order valence-corrected chi connectivity index (χ2v) is 12.9. The first-order valence-corrected chi connectivity index (χ1v) is 15.7. The molecule has 2 aromatic rings. The summed E-state index contributed by atoms with van der Waals surface area (Å²) in [5.74, 6) is -0.0449. The molecule has 40 heavy (non-hydrogen) atoms. The minimum absolute atomic E-state index is 0.0245. The Bertz CT molecular complexity index is 1120. The smallest absolute Gasteiger partial charge is 0.259 e. The summed E-state index contributed by atoms with van der Waals surface area (Å²) >= 11 is 6.09. The van der Waals surface area contributed by atoms with Crippen molar-refractivity contribution in [1.29, 1.82) is 0 Å². The second kappa shape index (κ2) is 13.3. The number of piperidine rings is 1. The fourth-order valence-electron chi connectivity index (χ4n) is 6.97. The van der Waals surface area contributed by atoms with Gasteiger partial charge in [-0.25, -0.2) is 9.50 Å². The highest BCUT2D eigenvalue weighted by atomic mass is 35.5. The van der Waals surface area contributed by atoms with Crippen molar-refractivity contribution in [3.63, 3.8) is 0 Å². The number of amides is 1. The van der Waals surface area contributed by atoms with Gasteiger partial charge < -0.3 is 21.3 Å². The number of carbonyl (C=O) groups excluding carboxylic acids is 1. The number of hydrogen-bond donors (Lipinski definition) is 3. The van der Waals surface area contributed by atoms with Crippen molar-refractivity contribution in [2.75, 3.05) is 65.6 Å². The predicted molar refractivity (Wildman–Crippen MR) is 161 cm³/mol. The number of halogens is 1. The minimum atomic E-state index is -0.217. The van der Waals surface area contributed by atoms with Crippen LogP contribution in [0.5, 0.6) is 0 Å². The van der Waals surface area contributed by atoms with Crippen LogP contribution < -0.4 is 16.4 Å². The highest BCUT2D eigenvalue weighted by Crippen LogP contribution is 2.35. The largest absolute Gasteiger partial charge is 0.381 e. The van der Waals surface area contributed by atoms with Gasteiger partial charge in [0.15, 0.2) is 11.5 Å². The van der Waals surface area contributed by atoms with Gasteiger partial charge in [-0.05, 0) is 33.4 Å². The van der Waals surface area contributed by atoms with E-state index >= 15 is 0 Å². The molecule has 0 bridgehead atoms. The molecular weight excluding hydrogens is 526 g/mol. The molecule has 1 aliphatic carbocycles. The number of nitrogen functional groups attached to an aromatic ring is 1. The highest BCUT2D eigenvalue weighted by Gasteiger charge is 2.43. The summed E-state index contributed by atoms with van der Waals surface area (Å²) in [4.78, 5) is 25.5. The summed E-state index contributed by atoms with van der Waals surface area (Å²) in [7, 11) is 4.27. The average Bonchev–Trinajstić information content (AvgIpc) is 3.27. The van der Waals surface area contributed by atoms with Crippen molar-refractivity contribution in [3.05, 3.63) is 23.0 Å². The summed E-state index contributed by atoms with van der Waals surface area (Å²) in [5.41, 5.74) is 7.11. The second-order valence-electron chi connectivity index (χ2n) is 12.5. The fraction of sp³-hybridized carbons (Fsp3) is 0.759. The van der Waals surface area contributed by atoms with E-state index < -0.39 is 0 Å². The molecule has 0 aromatic carbocycles. The van der Waals surface area contributed by atoms with Gasteiger partial charge in [-0.1, -0.05) is 56.5 Å². The molecular formula is C29H48ClN9O. The molecule has 2 aromatic heterocycles. The van der Waals surface area contributed by atoms with Crippen molar-refractivity contribution in [2.45, 2.75) is 81.8 Å². The summed E-state index contributed by atoms with van der Waals surface area (Å²) in [6.45, 7) is 7.13. The van der Waals surface area contributed by atoms with Crippen LogP contribution in [0, 0.1) is 0 Å². The third-order valence-corrected chi connectivity index (χ3v) is 9.52. The standard InChI is InChI=1S/C29H48ClN9O/c1-36(2)12-13-37-14-16-38(17-15-37)24-18-29(10-8-6-4-3-5-7-9-11-29)33-20-23(24)34-28(40)25-26(31)35-39-21-22(30)19-32-27(25)39/h19,21,23-24,33H,3-18,20H2,1-2H3,(H2,31,35)(H,34,40). The number of nitrogens with two attached hydrogens (primary N) is 1. The molecule has 2 saturated heterocycles. The Morgan fingerprint density at radius 2 is 1.80 bits per heavy atom. The van der Waals surface area contributed by atoms with Gasteiger partial charge in [0.25, 0.3) is 5.91 Å². The average molecular weight is 574 g/mol. The van der Waals surface area contributed by atoms with Crippen LogP contribution in [0.15, 0.2) is 12.4 Å². The van der Waals surface area contributed by atoms with Crippen LogP contribution in [0.4, 0.5) is 5.82 Å². The molecule has 1 amide bonds. The van der Waals surface area contributed by atoms with Crippen LogP contribution in [-0.4, -0.2) is 113 Å². The lowest BCUT2D eigenvalue weighted by Crippen LogP contribution is -2.68. The van der Waals surface area contributed by atoms with E-state index in [0.717, 1.165) is 52.2 Å². The van der Waals surface area contributed by atoms with Gasteiger partial charge in [0.1, 0.15) is 5.56 Å². The number of aromatic nitrogens is 3. The van der Waals surface area contributed by atoms with Crippen molar-refractivity contribution in [1.82, 2.24) is 39.9 Å². The normalized spacial score (nSPS) is 25.4. The maximum absolute atomic E-state index is 13.7. The quantitative estimate of drug-likeness (QED) is 0.484. The van der Waals surface area contributed by atoms with Crippen LogP contribution in [0.1, 0.15) is 74.6 Å². The number of carbonyl (C=O) groups is 1. The molecule has 0 radical (unpaired) electrons. The Morgan fingerprint density at radius 1 is 1.12 bits per heavy atom. The molecule has 11 heteroatoms. The molecule has 2 atom stereocenters. The first-order chi connectivity index (χ1) is 19.3. The summed E-state index contributed by atoms with van der Waals surface area (Å²) in [6, 6.07) is 0.248. The van der Waals surface area contributed by atoms with Gasteiger partial charge in [-0.15, -0.1) is 5.10 Å². The van der Waals surface area contributed by atoms with E-state index in [-0.39, 0.29) is 29.3 Å². The number of hydrogen-bond acceptors (Lipinski definition) is 8. The first kappa shape index (κ1) is 29.5. The maximum atomic E-state index is 13.7. The third-order valence-electron chi connectivity index (χ3n) is 9.32. The molecule has 10 nitrogen and oxygen atoms in total. The number of rotatable bonds is 6. The summed E-state index contributed by atoms with van der Waals surface area (Å²) in [5, 5.41) is 12.1. The number of nitrogens with one attached hydrogen (secondary N) is 2. The van der Waals surface area contributed by atoms with Gasteiger partial charge in [-0.2, -0.15) is 0 Å². The Hall–Kier alpha value is -1.98. The Balaban J connectivity index is 1.34. The molecule has 2 aliphatic heterocycles. The van der Waals surface area contributed by atoms with Gasteiger partial charge in [-0.3, -0.25) is 14.6 Å². The summed E-state index contributed by atoms with van der Waals surface area (Å²) < 4.78 is 1.49. The monoisotopic (exact) mass is 573 g/mol. The maximum Gasteiger partial charge on any atom is 0.259 e. The van der Waals surface area contributed by atoms with Crippen LogP contribution in [0.25, 0.3) is 5.65 Å². The van der Waals surface area contributed by atoms with Crippen molar-refractivity contribution in [2.24, 2.45) is 0 Å². The molecule has 4 N–H and O–H groups in total. The lowest BCUT2D eigenvalue weighted by molar-refractivity contribution is 0.0284. The molecule has 222 valence electrons. The zero-order valence-electron chi connectivity index (χ0n) is 24.4. The van der Waals surface area contributed by atoms with Gasteiger partial charge in [0.05, 0.1) is 17.3 Å². The number of likely N-dealkylation sites (N-methyl/N-ethyl adjacent to an activating group) is 1. The SMILES string of the molecule is CN(C)CCN1CCN(C2CC3(CCCCCCCCC3)NCC2NC(=O)c2c(N)nn3cc(Cl)cnc23)CC1. The molecule has 1 saturated carbocycles. The van der Waals surface area contributed by atoms with E-state index in [1.165, 1.54) is 68.5 Å². The van der Waals surface area contributed by atoms with Crippen molar-refractivity contribution >= 4 is 29.0 Å². The van der Waals surface area contributed by atoms with Crippen molar-refractivity contribution in [3.8, 4) is 0 Å². The molecule has 5 rings (SSSR count). The van der Waals surface area contributed by atoms with E-state index in [1.807, 2.05) is 0 Å². The van der Waals surface area contributed by atoms with Gasteiger partial charge in [0, 0.05) is 63.6 Å². The predicted octanol–water partition coefficient (Wildman–Crippen LogP) is 2.87. The Labute approximate surface area is 244 Å². The van der Waals surface area contributed by atoms with Gasteiger partial charge in [0.2, 0.25) is 0 Å². The molecule has 4 heterocycles. The first-order valence-electron chi connectivity index (χ1n) is 15.3. The molecule has 3 fully saturated rings. The van der Waals surface area contributed by atoms with Crippen LogP contribution in [0.2, 0.25) is 5.02 Å².